The molecule has 0 fully saturated rings. The van der Waals surface area contributed by atoms with Gasteiger partial charge >= 0.3 is 5.63 Å². The Hall–Kier alpha value is -1.86. The van der Waals surface area contributed by atoms with Crippen LogP contribution in [0.2, 0.25) is 10.0 Å². The summed E-state index contributed by atoms with van der Waals surface area (Å²) in [4.78, 5) is 11.3. The Morgan fingerprint density at radius 3 is 2.48 bits per heavy atom. The summed E-state index contributed by atoms with van der Waals surface area (Å²) in [5, 5.41) is 1.27. The molecule has 3 rings (SSSR count). The van der Waals surface area contributed by atoms with Crippen LogP contribution in [0.25, 0.3) is 11.0 Å². The van der Waals surface area contributed by atoms with Crippen molar-refractivity contribution in [2.45, 2.75) is 17.9 Å². The SMILES string of the molecule is CC(NS(=O)(=O)c1ccc2oc(=O)ccc2c1)c1ccc(Cl)c(Cl)c1. The summed E-state index contributed by atoms with van der Waals surface area (Å²) in [6, 6.07) is 11.5. The van der Waals surface area contributed by atoms with Gasteiger partial charge in [0.1, 0.15) is 5.58 Å². The number of sulfonamides is 1. The lowest BCUT2D eigenvalue weighted by Crippen LogP contribution is -2.26. The predicted octanol–water partition coefficient (Wildman–Crippen LogP) is 4.14. The van der Waals surface area contributed by atoms with E-state index in [1.54, 1.807) is 25.1 Å². The van der Waals surface area contributed by atoms with Crippen molar-refractivity contribution in [2.75, 3.05) is 0 Å². The van der Waals surface area contributed by atoms with Gasteiger partial charge in [0.05, 0.1) is 14.9 Å². The summed E-state index contributed by atoms with van der Waals surface area (Å²) in [5.74, 6) is 0. The molecule has 8 heteroatoms. The Morgan fingerprint density at radius 2 is 1.76 bits per heavy atom. The number of hydrogen-bond donors (Lipinski definition) is 1. The summed E-state index contributed by atoms with van der Waals surface area (Å²) in [6.45, 7) is 1.71. The summed E-state index contributed by atoms with van der Waals surface area (Å²) in [5.41, 5.74) is 0.517. The molecule has 3 aromatic rings. The van der Waals surface area contributed by atoms with Crippen LogP contribution in [0.3, 0.4) is 0 Å². The van der Waals surface area contributed by atoms with Crippen molar-refractivity contribution in [3.05, 3.63) is 74.6 Å². The van der Waals surface area contributed by atoms with E-state index in [1.165, 1.54) is 30.3 Å². The molecule has 2 aromatic carbocycles. The van der Waals surface area contributed by atoms with E-state index in [1.807, 2.05) is 0 Å². The van der Waals surface area contributed by atoms with E-state index in [0.717, 1.165) is 0 Å². The van der Waals surface area contributed by atoms with Crippen LogP contribution in [0.1, 0.15) is 18.5 Å². The third-order valence-corrected chi connectivity index (χ3v) is 5.95. The Morgan fingerprint density at radius 1 is 1.00 bits per heavy atom. The first-order chi connectivity index (χ1) is 11.8. The van der Waals surface area contributed by atoms with Crippen molar-refractivity contribution < 1.29 is 12.8 Å². The monoisotopic (exact) mass is 397 g/mol. The highest BCUT2D eigenvalue weighted by Crippen LogP contribution is 2.26. The van der Waals surface area contributed by atoms with Gasteiger partial charge in [0, 0.05) is 17.5 Å². The minimum atomic E-state index is -3.78. The fraction of sp³-hybridized carbons (Fsp3) is 0.118. The Bertz CT molecular complexity index is 1110. The topological polar surface area (TPSA) is 76.4 Å². The molecule has 0 radical (unpaired) electrons. The van der Waals surface area contributed by atoms with E-state index in [-0.39, 0.29) is 4.90 Å². The van der Waals surface area contributed by atoms with Gasteiger partial charge in [-0.05, 0) is 48.9 Å². The molecule has 1 atom stereocenters. The minimum Gasteiger partial charge on any atom is -0.423 e. The maximum atomic E-state index is 12.6. The second-order valence-electron chi connectivity index (χ2n) is 5.47. The zero-order chi connectivity index (χ0) is 18.2. The third kappa shape index (κ3) is 3.88. The smallest absolute Gasteiger partial charge is 0.336 e. The van der Waals surface area contributed by atoms with E-state index in [0.29, 0.717) is 26.6 Å². The lowest BCUT2D eigenvalue weighted by atomic mass is 10.1. The maximum absolute atomic E-state index is 12.6. The van der Waals surface area contributed by atoms with Crippen LogP contribution in [0.5, 0.6) is 0 Å². The van der Waals surface area contributed by atoms with E-state index in [2.05, 4.69) is 4.72 Å². The number of rotatable bonds is 4. The van der Waals surface area contributed by atoms with Crippen LogP contribution in [-0.4, -0.2) is 8.42 Å². The van der Waals surface area contributed by atoms with Crippen molar-refractivity contribution in [3.63, 3.8) is 0 Å². The standard InChI is InChI=1S/C17H13Cl2NO4S/c1-10(11-2-5-14(18)15(19)9-11)20-25(22,23)13-4-6-16-12(8-13)3-7-17(21)24-16/h2-10,20H,1H3. The van der Waals surface area contributed by atoms with Crippen molar-refractivity contribution in [3.8, 4) is 0 Å². The van der Waals surface area contributed by atoms with Crippen LogP contribution >= 0.6 is 23.2 Å². The molecular weight excluding hydrogens is 385 g/mol. The molecule has 0 amide bonds. The molecule has 0 bridgehead atoms. The Labute approximate surface area is 154 Å². The van der Waals surface area contributed by atoms with Gasteiger partial charge in [0.15, 0.2) is 0 Å². The molecule has 1 heterocycles. The molecule has 130 valence electrons. The third-order valence-electron chi connectivity index (χ3n) is 3.68. The van der Waals surface area contributed by atoms with E-state index >= 15 is 0 Å². The summed E-state index contributed by atoms with van der Waals surface area (Å²) in [7, 11) is -3.78. The molecule has 0 aliphatic rings. The van der Waals surface area contributed by atoms with Crippen molar-refractivity contribution in [1.82, 2.24) is 4.72 Å². The second kappa shape index (κ2) is 6.80. The molecule has 0 spiro atoms. The van der Waals surface area contributed by atoms with Crippen LogP contribution in [0.4, 0.5) is 0 Å². The number of hydrogen-bond acceptors (Lipinski definition) is 4. The van der Waals surface area contributed by atoms with E-state index in [9.17, 15) is 13.2 Å². The molecular formula is C17H13Cl2NO4S. The van der Waals surface area contributed by atoms with Gasteiger partial charge < -0.3 is 4.42 Å². The molecule has 0 saturated carbocycles. The first-order valence-corrected chi connectivity index (χ1v) is 9.51. The first kappa shape index (κ1) is 17.9. The van der Waals surface area contributed by atoms with Crippen molar-refractivity contribution in [1.29, 1.82) is 0 Å². The van der Waals surface area contributed by atoms with Crippen LogP contribution in [-0.2, 0) is 10.0 Å². The predicted molar refractivity (Wildman–Crippen MR) is 97.7 cm³/mol. The number of halogens is 2. The van der Waals surface area contributed by atoms with Crippen molar-refractivity contribution >= 4 is 44.2 Å². The van der Waals surface area contributed by atoms with E-state index < -0.39 is 21.7 Å². The Balaban J connectivity index is 1.91. The summed E-state index contributed by atoms with van der Waals surface area (Å²) < 4.78 is 32.8. The average molecular weight is 398 g/mol. The molecule has 0 aliphatic heterocycles. The fourth-order valence-electron chi connectivity index (χ4n) is 2.37. The van der Waals surface area contributed by atoms with Crippen LogP contribution in [0, 0.1) is 0 Å². The zero-order valence-electron chi connectivity index (χ0n) is 13.0. The molecule has 5 nitrogen and oxygen atoms in total. The quantitative estimate of drug-likeness (QED) is 0.671. The van der Waals surface area contributed by atoms with E-state index in [4.69, 9.17) is 27.6 Å². The largest absolute Gasteiger partial charge is 0.423 e. The zero-order valence-corrected chi connectivity index (χ0v) is 15.3. The first-order valence-electron chi connectivity index (χ1n) is 7.27. The van der Waals surface area contributed by atoms with Gasteiger partial charge in [0.2, 0.25) is 10.0 Å². The van der Waals surface area contributed by atoms with Gasteiger partial charge in [-0.2, -0.15) is 0 Å². The highest BCUT2D eigenvalue weighted by atomic mass is 35.5. The molecule has 0 saturated heterocycles. The average Bonchev–Trinajstić information content (AvgIpc) is 2.56. The van der Waals surface area contributed by atoms with Gasteiger partial charge in [-0.1, -0.05) is 29.3 Å². The van der Waals surface area contributed by atoms with Crippen molar-refractivity contribution in [2.24, 2.45) is 0 Å². The molecule has 0 aliphatic carbocycles. The summed E-state index contributed by atoms with van der Waals surface area (Å²) >= 11 is 11.9. The molecule has 25 heavy (non-hydrogen) atoms. The van der Waals surface area contributed by atoms with Gasteiger partial charge in [-0.25, -0.2) is 17.9 Å². The summed E-state index contributed by atoms with van der Waals surface area (Å²) in [6.07, 6.45) is 0. The fourth-order valence-corrected chi connectivity index (χ4v) is 3.94. The number of fused-ring (bicyclic) bond motifs is 1. The highest BCUT2D eigenvalue weighted by Gasteiger charge is 2.19. The Kier molecular flexibility index (Phi) is 4.88. The minimum absolute atomic E-state index is 0.0701. The number of nitrogens with one attached hydrogen (secondary N) is 1. The molecule has 1 unspecified atom stereocenters. The van der Waals surface area contributed by atoms with Crippen LogP contribution < -0.4 is 10.3 Å². The van der Waals surface area contributed by atoms with Gasteiger partial charge in [-0.15, -0.1) is 0 Å². The van der Waals surface area contributed by atoms with Crippen LogP contribution in [0.15, 0.2) is 62.6 Å². The highest BCUT2D eigenvalue weighted by molar-refractivity contribution is 7.89. The maximum Gasteiger partial charge on any atom is 0.336 e. The molecule has 1 N–H and O–H groups in total. The second-order valence-corrected chi connectivity index (χ2v) is 8.00. The van der Waals surface area contributed by atoms with Gasteiger partial charge in [0.25, 0.3) is 0 Å². The van der Waals surface area contributed by atoms with Gasteiger partial charge in [-0.3, -0.25) is 0 Å². The number of benzene rings is 2. The normalized spacial score (nSPS) is 13.1. The molecule has 1 aromatic heterocycles. The lowest BCUT2D eigenvalue weighted by Gasteiger charge is -2.15. The lowest BCUT2D eigenvalue weighted by molar-refractivity contribution is 0.559.